The lowest BCUT2D eigenvalue weighted by molar-refractivity contribution is 1.29. The van der Waals surface area contributed by atoms with Crippen LogP contribution in [0.25, 0.3) is 0 Å². The minimum atomic E-state index is -1.05. The zero-order chi connectivity index (χ0) is 19.2. The molecule has 0 atom stereocenters. The highest BCUT2D eigenvalue weighted by molar-refractivity contribution is 8.17. The van der Waals surface area contributed by atoms with Gasteiger partial charge in [0, 0.05) is 0 Å². The zero-order valence-corrected chi connectivity index (χ0v) is 15.0. The van der Waals surface area contributed by atoms with E-state index in [2.05, 4.69) is 12.1 Å². The maximum absolute atomic E-state index is 9.37. The monoisotopic (exact) mass is 364 g/mol. The standard InChI is InChI=1S/C22H12N4S/c23-12-16-6-8-21(10-18(16)14-25)27(20-4-2-1-3-5-20)22-9-7-17(13-24)19(11-22)15-26/h1-11,27H. The van der Waals surface area contributed by atoms with Crippen molar-refractivity contribution in [3.8, 4) is 24.3 Å². The molecular weight excluding hydrogens is 352 g/mol. The third-order valence-electron chi connectivity index (χ3n) is 4.02. The third kappa shape index (κ3) is 3.51. The first-order valence-electron chi connectivity index (χ1n) is 7.95. The summed E-state index contributed by atoms with van der Waals surface area (Å²) in [7, 11) is -1.05. The Kier molecular flexibility index (Phi) is 5.20. The van der Waals surface area contributed by atoms with Crippen molar-refractivity contribution >= 4 is 10.9 Å². The summed E-state index contributed by atoms with van der Waals surface area (Å²) in [6.07, 6.45) is 0. The maximum Gasteiger partial charge on any atom is 0.101 e. The minimum Gasteiger partial charge on any atom is -0.192 e. The summed E-state index contributed by atoms with van der Waals surface area (Å²) in [5.74, 6) is 0. The average molecular weight is 364 g/mol. The van der Waals surface area contributed by atoms with Crippen molar-refractivity contribution in [2.24, 2.45) is 0 Å². The van der Waals surface area contributed by atoms with Crippen LogP contribution in [0.5, 0.6) is 0 Å². The van der Waals surface area contributed by atoms with Crippen LogP contribution in [-0.4, -0.2) is 0 Å². The topological polar surface area (TPSA) is 95.2 Å². The van der Waals surface area contributed by atoms with Gasteiger partial charge in [0.05, 0.1) is 22.3 Å². The fourth-order valence-corrected chi connectivity index (χ4v) is 5.08. The Hall–Kier alpha value is -4.03. The lowest BCUT2D eigenvalue weighted by Crippen LogP contribution is -1.93. The Morgan fingerprint density at radius 2 is 0.926 bits per heavy atom. The SMILES string of the molecule is N#Cc1ccc([SH](c2ccccc2)c2ccc(C#N)c(C#N)c2)cc1C#N. The van der Waals surface area contributed by atoms with Gasteiger partial charge in [-0.05, 0) is 63.2 Å². The Morgan fingerprint density at radius 3 is 1.33 bits per heavy atom. The number of benzene rings is 3. The van der Waals surface area contributed by atoms with Gasteiger partial charge in [-0.2, -0.15) is 31.9 Å². The molecule has 27 heavy (non-hydrogen) atoms. The van der Waals surface area contributed by atoms with Crippen LogP contribution in [0.4, 0.5) is 0 Å². The van der Waals surface area contributed by atoms with Gasteiger partial charge in [0.1, 0.15) is 24.3 Å². The van der Waals surface area contributed by atoms with Gasteiger partial charge in [0.2, 0.25) is 0 Å². The van der Waals surface area contributed by atoms with E-state index in [0.717, 1.165) is 14.7 Å². The van der Waals surface area contributed by atoms with Crippen LogP contribution in [0.3, 0.4) is 0 Å². The van der Waals surface area contributed by atoms with E-state index in [9.17, 15) is 21.0 Å². The molecule has 0 aliphatic carbocycles. The first kappa shape index (κ1) is 17.8. The summed E-state index contributed by atoms with van der Waals surface area (Å²) in [4.78, 5) is 2.86. The number of rotatable bonds is 3. The van der Waals surface area contributed by atoms with Crippen LogP contribution in [0.15, 0.2) is 81.4 Å². The molecular formula is C22H12N4S. The van der Waals surface area contributed by atoms with E-state index in [1.54, 1.807) is 24.3 Å². The summed E-state index contributed by atoms with van der Waals surface area (Å²) >= 11 is 0. The summed E-state index contributed by atoms with van der Waals surface area (Å²) in [5, 5.41) is 37.1. The Labute approximate surface area is 160 Å². The highest BCUT2D eigenvalue weighted by Crippen LogP contribution is 2.51. The molecule has 0 radical (unpaired) electrons. The summed E-state index contributed by atoms with van der Waals surface area (Å²) in [5.41, 5.74) is 1.32. The van der Waals surface area contributed by atoms with Crippen LogP contribution in [0.1, 0.15) is 22.3 Å². The first-order chi connectivity index (χ1) is 13.2. The predicted molar refractivity (Wildman–Crippen MR) is 102 cm³/mol. The zero-order valence-electron chi connectivity index (χ0n) is 14.1. The third-order valence-corrected chi connectivity index (χ3v) is 6.42. The van der Waals surface area contributed by atoms with Crippen LogP contribution in [0.2, 0.25) is 0 Å². The van der Waals surface area contributed by atoms with Crippen molar-refractivity contribution in [3.05, 3.63) is 89.0 Å². The van der Waals surface area contributed by atoms with E-state index in [4.69, 9.17) is 0 Å². The molecule has 0 saturated carbocycles. The molecule has 0 N–H and O–H groups in total. The second kappa shape index (κ2) is 7.90. The van der Waals surface area contributed by atoms with Gasteiger partial charge in [-0.1, -0.05) is 18.2 Å². The van der Waals surface area contributed by atoms with E-state index >= 15 is 0 Å². The molecule has 126 valence electrons. The van der Waals surface area contributed by atoms with E-state index < -0.39 is 10.9 Å². The fourth-order valence-electron chi connectivity index (χ4n) is 2.75. The Balaban J connectivity index is 2.24. The summed E-state index contributed by atoms with van der Waals surface area (Å²) < 4.78 is 0. The van der Waals surface area contributed by atoms with Crippen molar-refractivity contribution in [1.29, 1.82) is 21.0 Å². The van der Waals surface area contributed by atoms with Crippen LogP contribution in [0, 0.1) is 45.3 Å². The van der Waals surface area contributed by atoms with Crippen LogP contribution in [-0.2, 0) is 0 Å². The number of nitrogens with zero attached hydrogens (tertiary/aromatic N) is 4. The number of hydrogen-bond acceptors (Lipinski definition) is 4. The van der Waals surface area contributed by atoms with Crippen LogP contribution < -0.4 is 0 Å². The number of hydrogen-bond donors (Lipinski definition) is 1. The smallest absolute Gasteiger partial charge is 0.101 e. The molecule has 0 bridgehead atoms. The Bertz CT molecular complexity index is 1100. The van der Waals surface area contributed by atoms with Crippen molar-refractivity contribution in [2.75, 3.05) is 0 Å². The van der Waals surface area contributed by atoms with Gasteiger partial charge in [-0.3, -0.25) is 0 Å². The molecule has 0 unspecified atom stereocenters. The molecule has 0 heterocycles. The lowest BCUT2D eigenvalue weighted by Gasteiger charge is -2.24. The average Bonchev–Trinajstić information content (AvgIpc) is 2.74. The van der Waals surface area contributed by atoms with Gasteiger partial charge in [0.25, 0.3) is 0 Å². The van der Waals surface area contributed by atoms with E-state index in [-0.39, 0.29) is 0 Å². The number of thiol groups is 1. The molecule has 0 spiro atoms. The molecule has 0 saturated heterocycles. The predicted octanol–water partition coefficient (Wildman–Crippen LogP) is 4.65. The van der Waals surface area contributed by atoms with Gasteiger partial charge in [0.15, 0.2) is 0 Å². The van der Waals surface area contributed by atoms with Crippen molar-refractivity contribution < 1.29 is 0 Å². The highest BCUT2D eigenvalue weighted by Gasteiger charge is 2.16. The summed E-state index contributed by atoms with van der Waals surface area (Å²) in [6.45, 7) is 0. The molecule has 0 aliphatic heterocycles. The number of nitriles is 4. The molecule has 3 aromatic rings. The van der Waals surface area contributed by atoms with Crippen LogP contribution >= 0.6 is 10.9 Å². The van der Waals surface area contributed by atoms with Gasteiger partial charge < -0.3 is 0 Å². The molecule has 3 rings (SSSR count). The fraction of sp³-hybridized carbons (Fsp3) is 0. The summed E-state index contributed by atoms with van der Waals surface area (Å²) in [6, 6.07) is 28.5. The van der Waals surface area contributed by atoms with Gasteiger partial charge >= 0.3 is 0 Å². The molecule has 3 aromatic carbocycles. The van der Waals surface area contributed by atoms with E-state index in [1.165, 1.54) is 0 Å². The largest absolute Gasteiger partial charge is 0.192 e. The lowest BCUT2D eigenvalue weighted by atomic mass is 10.1. The first-order valence-corrected chi connectivity index (χ1v) is 9.29. The van der Waals surface area contributed by atoms with Crippen molar-refractivity contribution in [3.63, 3.8) is 0 Å². The van der Waals surface area contributed by atoms with Gasteiger partial charge in [-0.25, -0.2) is 0 Å². The molecule has 0 aromatic heterocycles. The molecule has 0 aliphatic rings. The molecule has 5 heteroatoms. The van der Waals surface area contributed by atoms with Crippen molar-refractivity contribution in [2.45, 2.75) is 14.7 Å². The van der Waals surface area contributed by atoms with E-state index in [0.29, 0.717) is 22.3 Å². The maximum atomic E-state index is 9.37. The van der Waals surface area contributed by atoms with Gasteiger partial charge in [-0.15, -0.1) is 0 Å². The Morgan fingerprint density at radius 1 is 0.481 bits per heavy atom. The van der Waals surface area contributed by atoms with E-state index in [1.807, 2.05) is 54.6 Å². The molecule has 4 nitrogen and oxygen atoms in total. The quantitative estimate of drug-likeness (QED) is 0.684. The van der Waals surface area contributed by atoms with Crippen molar-refractivity contribution in [1.82, 2.24) is 0 Å². The normalized spacial score (nSPS) is 10.0. The molecule has 0 amide bonds. The molecule has 0 fully saturated rings. The second-order valence-corrected chi connectivity index (χ2v) is 7.80. The minimum absolute atomic E-state index is 0.326. The second-order valence-electron chi connectivity index (χ2n) is 5.58. The highest BCUT2D eigenvalue weighted by atomic mass is 32.2.